The molecule has 0 heterocycles. The second-order valence-corrected chi connectivity index (χ2v) is 4.64. The Hall–Kier alpha value is -1.51. The summed E-state index contributed by atoms with van der Waals surface area (Å²) in [6.45, 7) is 2.29. The molecule has 1 aliphatic rings. The van der Waals surface area contributed by atoms with Crippen molar-refractivity contribution in [3.8, 4) is 5.75 Å². The fourth-order valence-corrected chi connectivity index (χ4v) is 2.43. The summed E-state index contributed by atoms with van der Waals surface area (Å²) in [6, 6.07) is 6.14. The molecule has 3 heteroatoms. The van der Waals surface area contributed by atoms with Gasteiger partial charge >= 0.3 is 0 Å². The van der Waals surface area contributed by atoms with Crippen molar-refractivity contribution < 1.29 is 9.53 Å². The third-order valence-electron chi connectivity index (χ3n) is 3.37. The summed E-state index contributed by atoms with van der Waals surface area (Å²) in [5.74, 6) is 1.42. The summed E-state index contributed by atoms with van der Waals surface area (Å²) in [7, 11) is 1.68. The molecule has 0 saturated heterocycles. The number of hydrogen-bond donors (Lipinski definition) is 1. The van der Waals surface area contributed by atoms with Gasteiger partial charge in [-0.25, -0.2) is 0 Å². The predicted octanol–water partition coefficient (Wildman–Crippen LogP) is 2.53. The van der Waals surface area contributed by atoms with Crippen LogP contribution in [0.25, 0.3) is 0 Å². The number of hydrogen-bond acceptors (Lipinski definition) is 2. The zero-order valence-corrected chi connectivity index (χ0v) is 11.0. The smallest absolute Gasteiger partial charge is 0.216 e. The molecular weight excluding hydrogens is 226 g/mol. The minimum Gasteiger partial charge on any atom is -0.497 e. The first-order valence-electron chi connectivity index (χ1n) is 6.37. The van der Waals surface area contributed by atoms with Crippen LogP contribution >= 0.6 is 0 Å². The van der Waals surface area contributed by atoms with E-state index in [-0.39, 0.29) is 5.91 Å². The quantitative estimate of drug-likeness (QED) is 0.885. The molecule has 1 unspecified atom stereocenters. The number of fused-ring (bicyclic) bond motifs is 1. The van der Waals surface area contributed by atoms with Gasteiger partial charge in [-0.1, -0.05) is 6.07 Å². The van der Waals surface area contributed by atoms with E-state index >= 15 is 0 Å². The fourth-order valence-electron chi connectivity index (χ4n) is 2.43. The maximum absolute atomic E-state index is 10.9. The second-order valence-electron chi connectivity index (χ2n) is 4.64. The van der Waals surface area contributed by atoms with E-state index in [1.165, 1.54) is 11.1 Å². The summed E-state index contributed by atoms with van der Waals surface area (Å²) in [5.41, 5.74) is 2.49. The van der Waals surface area contributed by atoms with Crippen molar-refractivity contribution in [2.45, 2.75) is 32.1 Å². The molecule has 2 radical (unpaired) electrons. The van der Waals surface area contributed by atoms with Gasteiger partial charge in [0.25, 0.3) is 0 Å². The molecule has 3 nitrogen and oxygen atoms in total. The molecule has 1 aliphatic carbocycles. The minimum absolute atomic E-state index is 0.0369. The lowest BCUT2D eigenvalue weighted by molar-refractivity contribution is -0.118. The van der Waals surface area contributed by atoms with Crippen LogP contribution < -0.4 is 10.1 Å². The van der Waals surface area contributed by atoms with Gasteiger partial charge in [0.05, 0.1) is 7.11 Å². The van der Waals surface area contributed by atoms with Crippen LogP contribution in [0.4, 0.5) is 0 Å². The normalized spacial score (nSPS) is 18.0. The van der Waals surface area contributed by atoms with E-state index < -0.39 is 0 Å². The number of rotatable bonds is 4. The summed E-state index contributed by atoms with van der Waals surface area (Å²) >= 11 is 0. The monoisotopic (exact) mass is 245 g/mol. The minimum atomic E-state index is 0.0369. The van der Waals surface area contributed by atoms with Crippen LogP contribution in [0.5, 0.6) is 5.75 Å². The van der Waals surface area contributed by atoms with Gasteiger partial charge in [0.15, 0.2) is 0 Å². The molecular formula is C15H19NO2. The Balaban J connectivity index is 2.08. The predicted molar refractivity (Wildman–Crippen MR) is 70.6 cm³/mol. The summed E-state index contributed by atoms with van der Waals surface area (Å²) in [5, 5.41) is 2.86. The number of ether oxygens (including phenoxy) is 1. The molecule has 1 N–H and O–H groups in total. The number of methoxy groups -OCH3 is 1. The van der Waals surface area contributed by atoms with Crippen LogP contribution in [0.15, 0.2) is 18.2 Å². The van der Waals surface area contributed by atoms with E-state index in [1.807, 2.05) is 6.07 Å². The van der Waals surface area contributed by atoms with Crippen molar-refractivity contribution in [2.24, 2.45) is 0 Å². The Labute approximate surface area is 109 Å². The van der Waals surface area contributed by atoms with Crippen LogP contribution in [0, 0.1) is 6.42 Å². The number of carbonyl (C=O) groups excluding carboxylic acids is 1. The van der Waals surface area contributed by atoms with Crippen molar-refractivity contribution in [1.82, 2.24) is 5.32 Å². The fraction of sp³-hybridized carbons (Fsp3) is 0.467. The van der Waals surface area contributed by atoms with Crippen molar-refractivity contribution >= 4 is 5.91 Å². The van der Waals surface area contributed by atoms with E-state index in [0.29, 0.717) is 5.92 Å². The first-order valence-corrected chi connectivity index (χ1v) is 6.37. The van der Waals surface area contributed by atoms with E-state index in [1.54, 1.807) is 14.0 Å². The van der Waals surface area contributed by atoms with Crippen LogP contribution in [-0.2, 0) is 4.79 Å². The van der Waals surface area contributed by atoms with Gasteiger partial charge in [-0.15, -0.1) is 0 Å². The topological polar surface area (TPSA) is 38.3 Å². The van der Waals surface area contributed by atoms with Gasteiger partial charge in [0, 0.05) is 19.9 Å². The van der Waals surface area contributed by atoms with Gasteiger partial charge in [-0.05, 0) is 48.4 Å². The lowest BCUT2D eigenvalue weighted by Crippen LogP contribution is -2.23. The van der Waals surface area contributed by atoms with E-state index in [4.69, 9.17) is 4.74 Å². The van der Waals surface area contributed by atoms with E-state index in [0.717, 1.165) is 31.6 Å². The zero-order chi connectivity index (χ0) is 13.0. The van der Waals surface area contributed by atoms with Gasteiger partial charge in [-0.3, -0.25) is 4.79 Å². The molecule has 0 aliphatic heterocycles. The van der Waals surface area contributed by atoms with Gasteiger partial charge in [0.2, 0.25) is 5.91 Å². The Morgan fingerprint density at radius 3 is 3.11 bits per heavy atom. The number of carbonyl (C=O) groups is 1. The maximum Gasteiger partial charge on any atom is 0.216 e. The molecule has 1 atom stereocenters. The van der Waals surface area contributed by atoms with Crippen molar-refractivity contribution in [1.29, 1.82) is 0 Å². The van der Waals surface area contributed by atoms with Crippen LogP contribution in [-0.4, -0.2) is 19.6 Å². The highest BCUT2D eigenvalue weighted by atomic mass is 16.5. The highest BCUT2D eigenvalue weighted by Crippen LogP contribution is 2.36. The number of benzene rings is 1. The van der Waals surface area contributed by atoms with E-state index in [2.05, 4.69) is 23.9 Å². The van der Waals surface area contributed by atoms with Crippen LogP contribution in [0.2, 0.25) is 0 Å². The Morgan fingerprint density at radius 2 is 2.39 bits per heavy atom. The molecule has 96 valence electrons. The molecule has 18 heavy (non-hydrogen) atoms. The summed E-state index contributed by atoms with van der Waals surface area (Å²) in [4.78, 5) is 10.9. The molecule has 0 fully saturated rings. The standard InChI is InChI=1S/C15H19NO2/c1-11(17)16-9-8-13-5-3-4-12-6-7-14(18-2)10-15(12)13/h6-7,10,13H,3,5,8-9H2,1-2H3,(H,16,17). The highest BCUT2D eigenvalue weighted by Gasteiger charge is 2.20. The molecule has 0 bridgehead atoms. The Bertz CT molecular complexity index is 429. The lowest BCUT2D eigenvalue weighted by Gasteiger charge is -2.25. The lowest BCUT2D eigenvalue weighted by atomic mass is 9.81. The van der Waals surface area contributed by atoms with Gasteiger partial charge in [-0.2, -0.15) is 0 Å². The largest absolute Gasteiger partial charge is 0.497 e. The van der Waals surface area contributed by atoms with Gasteiger partial charge in [0.1, 0.15) is 5.75 Å². The molecule has 0 saturated carbocycles. The molecule has 2 rings (SSSR count). The Kier molecular flexibility index (Phi) is 4.24. The molecule has 1 aromatic carbocycles. The third-order valence-corrected chi connectivity index (χ3v) is 3.37. The summed E-state index contributed by atoms with van der Waals surface area (Å²) < 4.78 is 5.27. The zero-order valence-electron chi connectivity index (χ0n) is 11.0. The van der Waals surface area contributed by atoms with Crippen molar-refractivity contribution in [3.63, 3.8) is 0 Å². The number of nitrogens with one attached hydrogen (secondary N) is 1. The third kappa shape index (κ3) is 3.03. The maximum atomic E-state index is 10.9. The van der Waals surface area contributed by atoms with Crippen molar-refractivity contribution in [2.75, 3.05) is 13.7 Å². The Morgan fingerprint density at radius 1 is 1.56 bits per heavy atom. The van der Waals surface area contributed by atoms with E-state index in [9.17, 15) is 4.79 Å². The SMILES string of the molecule is COc1ccc2c(c1)C(CCNC(C)=O)CC[C]2. The average molecular weight is 245 g/mol. The molecule has 1 aromatic rings. The van der Waals surface area contributed by atoms with Crippen LogP contribution in [0.1, 0.15) is 43.2 Å². The molecule has 1 amide bonds. The average Bonchev–Trinajstić information content (AvgIpc) is 2.38. The molecule has 0 spiro atoms. The van der Waals surface area contributed by atoms with Crippen molar-refractivity contribution in [3.05, 3.63) is 35.7 Å². The highest BCUT2D eigenvalue weighted by molar-refractivity contribution is 5.72. The second kappa shape index (κ2) is 5.89. The number of amides is 1. The summed E-state index contributed by atoms with van der Waals surface area (Å²) in [6.07, 6.45) is 6.46. The first-order chi connectivity index (χ1) is 8.70. The van der Waals surface area contributed by atoms with Crippen LogP contribution in [0.3, 0.4) is 0 Å². The van der Waals surface area contributed by atoms with Gasteiger partial charge < -0.3 is 10.1 Å². The molecule has 0 aromatic heterocycles. The first kappa shape index (κ1) is 12.9.